The highest BCUT2D eigenvalue weighted by Crippen LogP contribution is 2.12. The van der Waals surface area contributed by atoms with Crippen molar-refractivity contribution in [3.8, 4) is 5.69 Å². The Hall–Kier alpha value is -3.12. The molecule has 0 radical (unpaired) electrons. The number of aromatic amines is 1. The standard InChI is InChI=1S/C18H17N3O3/c1-12-5-7-15(8-6-12)21-17(23)10-16(20-21)18(24)19-14-4-2-3-13(9-14)11-22/h2-10,20,22H,11H2,1H3,(H,19,24). The van der Waals surface area contributed by atoms with Crippen LogP contribution in [0.3, 0.4) is 0 Å². The minimum absolute atomic E-state index is 0.107. The largest absolute Gasteiger partial charge is 0.392 e. The summed E-state index contributed by atoms with van der Waals surface area (Å²) in [6.07, 6.45) is 0. The number of aryl methyl sites for hydroxylation is 1. The van der Waals surface area contributed by atoms with E-state index >= 15 is 0 Å². The van der Waals surface area contributed by atoms with E-state index in [-0.39, 0.29) is 17.9 Å². The van der Waals surface area contributed by atoms with Crippen LogP contribution in [-0.2, 0) is 6.61 Å². The molecule has 0 aliphatic rings. The van der Waals surface area contributed by atoms with Crippen molar-refractivity contribution < 1.29 is 9.90 Å². The zero-order valence-corrected chi connectivity index (χ0v) is 13.1. The van der Waals surface area contributed by atoms with E-state index in [2.05, 4.69) is 10.4 Å². The summed E-state index contributed by atoms with van der Waals surface area (Å²) in [5.74, 6) is -0.423. The van der Waals surface area contributed by atoms with Crippen LogP contribution >= 0.6 is 0 Å². The van der Waals surface area contributed by atoms with Crippen LogP contribution in [0.25, 0.3) is 5.69 Å². The second kappa shape index (κ2) is 6.55. The Balaban J connectivity index is 1.84. The molecule has 0 fully saturated rings. The Morgan fingerprint density at radius 1 is 1.17 bits per heavy atom. The van der Waals surface area contributed by atoms with Crippen LogP contribution in [0.5, 0.6) is 0 Å². The highest BCUT2D eigenvalue weighted by Gasteiger charge is 2.12. The van der Waals surface area contributed by atoms with Crippen molar-refractivity contribution in [2.75, 3.05) is 5.32 Å². The number of H-pyrrole nitrogens is 1. The zero-order chi connectivity index (χ0) is 17.1. The summed E-state index contributed by atoms with van der Waals surface area (Å²) in [4.78, 5) is 24.4. The van der Waals surface area contributed by atoms with Crippen LogP contribution in [0.1, 0.15) is 21.6 Å². The molecule has 6 heteroatoms. The van der Waals surface area contributed by atoms with Gasteiger partial charge in [0.2, 0.25) is 0 Å². The van der Waals surface area contributed by atoms with Gasteiger partial charge in [0.25, 0.3) is 11.5 Å². The summed E-state index contributed by atoms with van der Waals surface area (Å²) in [6.45, 7) is 1.85. The molecule has 0 aliphatic heterocycles. The van der Waals surface area contributed by atoms with E-state index in [9.17, 15) is 9.59 Å². The van der Waals surface area contributed by atoms with Crippen molar-refractivity contribution in [2.24, 2.45) is 0 Å². The molecule has 3 rings (SSSR count). The molecule has 2 aromatic carbocycles. The smallest absolute Gasteiger partial charge is 0.273 e. The Morgan fingerprint density at radius 2 is 1.92 bits per heavy atom. The lowest BCUT2D eigenvalue weighted by Gasteiger charge is -2.06. The molecule has 0 bridgehead atoms. The molecule has 24 heavy (non-hydrogen) atoms. The first kappa shape index (κ1) is 15.8. The summed E-state index contributed by atoms with van der Waals surface area (Å²) in [5, 5.41) is 14.6. The maximum absolute atomic E-state index is 12.3. The van der Waals surface area contributed by atoms with E-state index in [4.69, 9.17) is 5.11 Å². The molecule has 0 atom stereocenters. The molecule has 0 spiro atoms. The summed E-state index contributed by atoms with van der Waals surface area (Å²) in [6, 6.07) is 15.5. The van der Waals surface area contributed by atoms with E-state index in [0.717, 1.165) is 5.56 Å². The van der Waals surface area contributed by atoms with Gasteiger partial charge < -0.3 is 10.4 Å². The van der Waals surface area contributed by atoms with Crippen LogP contribution in [-0.4, -0.2) is 20.8 Å². The molecule has 122 valence electrons. The number of amides is 1. The molecule has 1 aromatic heterocycles. The second-order valence-corrected chi connectivity index (χ2v) is 5.49. The molecule has 0 saturated heterocycles. The van der Waals surface area contributed by atoms with Crippen molar-refractivity contribution in [2.45, 2.75) is 13.5 Å². The molecule has 3 N–H and O–H groups in total. The SMILES string of the molecule is Cc1ccc(-n2[nH]c(C(=O)Nc3cccc(CO)c3)cc2=O)cc1. The fourth-order valence-electron chi connectivity index (χ4n) is 2.34. The van der Waals surface area contributed by atoms with Gasteiger partial charge >= 0.3 is 0 Å². The topological polar surface area (TPSA) is 87.1 Å². The van der Waals surface area contributed by atoms with Crippen LogP contribution in [0.15, 0.2) is 59.4 Å². The van der Waals surface area contributed by atoms with Crippen LogP contribution in [0, 0.1) is 6.92 Å². The summed E-state index contributed by atoms with van der Waals surface area (Å²) < 4.78 is 1.32. The summed E-state index contributed by atoms with van der Waals surface area (Å²) in [5.41, 5.74) is 2.84. The summed E-state index contributed by atoms with van der Waals surface area (Å²) in [7, 11) is 0. The fourth-order valence-corrected chi connectivity index (χ4v) is 2.34. The van der Waals surface area contributed by atoms with E-state index in [1.807, 2.05) is 19.1 Å². The molecule has 3 aromatic rings. The minimum atomic E-state index is -0.423. The molecular formula is C18H17N3O3. The number of hydrogen-bond donors (Lipinski definition) is 3. The maximum atomic E-state index is 12.3. The Kier molecular flexibility index (Phi) is 4.31. The van der Waals surface area contributed by atoms with Gasteiger partial charge in [-0.25, -0.2) is 4.68 Å². The number of aromatic nitrogens is 2. The highest BCUT2D eigenvalue weighted by molar-refractivity contribution is 6.02. The average Bonchev–Trinajstić information content (AvgIpc) is 2.98. The number of hydrogen-bond acceptors (Lipinski definition) is 3. The Labute approximate surface area is 138 Å². The molecular weight excluding hydrogens is 306 g/mol. The lowest BCUT2D eigenvalue weighted by atomic mass is 10.2. The van der Waals surface area contributed by atoms with Crippen LogP contribution in [0.4, 0.5) is 5.69 Å². The van der Waals surface area contributed by atoms with Crippen molar-refractivity contribution in [1.82, 2.24) is 9.78 Å². The van der Waals surface area contributed by atoms with Gasteiger partial charge in [-0.15, -0.1) is 0 Å². The molecule has 0 saturated carbocycles. The predicted octanol–water partition coefficient (Wildman–Crippen LogP) is 2.22. The average molecular weight is 323 g/mol. The van der Waals surface area contributed by atoms with E-state index in [0.29, 0.717) is 16.9 Å². The van der Waals surface area contributed by atoms with Gasteiger partial charge in [0, 0.05) is 11.8 Å². The highest BCUT2D eigenvalue weighted by atomic mass is 16.3. The number of benzene rings is 2. The van der Waals surface area contributed by atoms with Gasteiger partial charge in [-0.1, -0.05) is 29.8 Å². The van der Waals surface area contributed by atoms with Gasteiger partial charge in [-0.3, -0.25) is 14.7 Å². The first-order valence-electron chi connectivity index (χ1n) is 7.47. The third-order valence-electron chi connectivity index (χ3n) is 3.62. The number of carbonyl (C=O) groups excluding carboxylic acids is 1. The van der Waals surface area contributed by atoms with Crippen LogP contribution in [0.2, 0.25) is 0 Å². The molecule has 0 unspecified atom stereocenters. The number of aliphatic hydroxyl groups excluding tert-OH is 1. The van der Waals surface area contributed by atoms with Gasteiger partial charge in [0.15, 0.2) is 0 Å². The summed E-state index contributed by atoms with van der Waals surface area (Å²) >= 11 is 0. The van der Waals surface area contributed by atoms with E-state index in [1.54, 1.807) is 36.4 Å². The first-order valence-corrected chi connectivity index (χ1v) is 7.47. The number of nitrogens with zero attached hydrogens (tertiary/aromatic N) is 1. The first-order chi connectivity index (χ1) is 11.6. The van der Waals surface area contributed by atoms with Gasteiger partial charge in [0.05, 0.1) is 12.3 Å². The van der Waals surface area contributed by atoms with Gasteiger partial charge in [0.1, 0.15) is 5.69 Å². The van der Waals surface area contributed by atoms with Gasteiger partial charge in [-0.05, 0) is 36.8 Å². The quantitative estimate of drug-likeness (QED) is 0.688. The van der Waals surface area contributed by atoms with Crippen molar-refractivity contribution in [3.63, 3.8) is 0 Å². The number of rotatable bonds is 4. The number of nitrogens with one attached hydrogen (secondary N) is 2. The number of aliphatic hydroxyl groups is 1. The van der Waals surface area contributed by atoms with Crippen molar-refractivity contribution in [1.29, 1.82) is 0 Å². The Morgan fingerprint density at radius 3 is 2.62 bits per heavy atom. The molecule has 1 heterocycles. The molecule has 0 aliphatic carbocycles. The lowest BCUT2D eigenvalue weighted by Crippen LogP contribution is -2.14. The molecule has 1 amide bonds. The zero-order valence-electron chi connectivity index (χ0n) is 13.1. The monoisotopic (exact) mass is 323 g/mol. The second-order valence-electron chi connectivity index (χ2n) is 5.49. The van der Waals surface area contributed by atoms with Crippen LogP contribution < -0.4 is 10.9 Å². The van der Waals surface area contributed by atoms with Crippen molar-refractivity contribution in [3.05, 3.63) is 81.8 Å². The maximum Gasteiger partial charge on any atom is 0.273 e. The lowest BCUT2D eigenvalue weighted by molar-refractivity contribution is 0.102. The number of carbonyl (C=O) groups is 1. The Bertz CT molecular complexity index is 923. The normalized spacial score (nSPS) is 10.6. The number of anilines is 1. The minimum Gasteiger partial charge on any atom is -0.392 e. The van der Waals surface area contributed by atoms with Gasteiger partial charge in [-0.2, -0.15) is 0 Å². The van der Waals surface area contributed by atoms with E-state index in [1.165, 1.54) is 10.7 Å². The fraction of sp³-hybridized carbons (Fsp3) is 0.111. The predicted molar refractivity (Wildman–Crippen MR) is 91.4 cm³/mol. The third-order valence-corrected chi connectivity index (χ3v) is 3.62. The van der Waals surface area contributed by atoms with Crippen molar-refractivity contribution >= 4 is 11.6 Å². The third kappa shape index (κ3) is 3.28. The van der Waals surface area contributed by atoms with E-state index < -0.39 is 5.91 Å². The molecule has 6 nitrogen and oxygen atoms in total.